The molecule has 0 radical (unpaired) electrons. The van der Waals surface area contributed by atoms with Crippen molar-refractivity contribution in [1.29, 1.82) is 5.26 Å². The third-order valence-electron chi connectivity index (χ3n) is 2.37. The van der Waals surface area contributed by atoms with Crippen LogP contribution in [0.3, 0.4) is 0 Å². The minimum Gasteiger partial charge on any atom is -0.459 e. The Balaban J connectivity index is 2.22. The molecule has 0 spiro atoms. The largest absolute Gasteiger partial charge is 0.459 e. The molecule has 2 aromatic rings. The lowest BCUT2D eigenvalue weighted by Gasteiger charge is -2.20. The molecule has 2 rings (SSSR count). The highest BCUT2D eigenvalue weighted by atomic mass is 32.1. The monoisotopic (exact) mass is 246 g/mol. The van der Waals surface area contributed by atoms with E-state index in [-0.39, 0.29) is 11.7 Å². The summed E-state index contributed by atoms with van der Waals surface area (Å²) in [6.07, 6.45) is 1.44. The fraction of sp³-hybridized carbons (Fsp3) is 0.167. The standard InChI is InChI=1S/C12H10N2O2S/c1-14(12(15)10-4-2-6-16-10)9(8-13)11-5-3-7-17-11/h2-7,9H,1H3. The zero-order valence-electron chi connectivity index (χ0n) is 9.16. The molecule has 1 atom stereocenters. The first-order valence-corrected chi connectivity index (χ1v) is 5.85. The highest BCUT2D eigenvalue weighted by Crippen LogP contribution is 2.24. The van der Waals surface area contributed by atoms with Gasteiger partial charge in [-0.05, 0) is 23.6 Å². The Morgan fingerprint density at radius 1 is 1.53 bits per heavy atom. The van der Waals surface area contributed by atoms with Crippen molar-refractivity contribution in [3.63, 3.8) is 0 Å². The highest BCUT2D eigenvalue weighted by molar-refractivity contribution is 7.10. The number of thiophene rings is 1. The molecule has 0 bridgehead atoms. The van der Waals surface area contributed by atoms with Crippen LogP contribution in [0.5, 0.6) is 0 Å². The van der Waals surface area contributed by atoms with Crippen molar-refractivity contribution < 1.29 is 9.21 Å². The van der Waals surface area contributed by atoms with E-state index < -0.39 is 6.04 Å². The lowest BCUT2D eigenvalue weighted by molar-refractivity contribution is 0.0733. The molecule has 0 aliphatic carbocycles. The first-order valence-electron chi connectivity index (χ1n) is 4.97. The number of hydrogen-bond donors (Lipinski definition) is 0. The van der Waals surface area contributed by atoms with Crippen molar-refractivity contribution in [2.45, 2.75) is 6.04 Å². The van der Waals surface area contributed by atoms with Crippen LogP contribution in [-0.4, -0.2) is 17.9 Å². The first kappa shape index (κ1) is 11.4. The first-order chi connectivity index (χ1) is 8.24. The summed E-state index contributed by atoms with van der Waals surface area (Å²) in [6.45, 7) is 0. The average Bonchev–Trinajstić information content (AvgIpc) is 3.01. The third kappa shape index (κ3) is 2.22. The number of nitrogens with zero attached hydrogens (tertiary/aromatic N) is 2. The van der Waals surface area contributed by atoms with Gasteiger partial charge in [0.1, 0.15) is 0 Å². The number of rotatable bonds is 3. The van der Waals surface area contributed by atoms with Gasteiger partial charge < -0.3 is 9.32 Å². The quantitative estimate of drug-likeness (QED) is 0.836. The van der Waals surface area contributed by atoms with Gasteiger partial charge in [0.15, 0.2) is 11.8 Å². The van der Waals surface area contributed by atoms with Crippen LogP contribution in [0.15, 0.2) is 40.3 Å². The van der Waals surface area contributed by atoms with Gasteiger partial charge in [0, 0.05) is 11.9 Å². The third-order valence-corrected chi connectivity index (χ3v) is 3.30. The maximum atomic E-state index is 12.0. The van der Waals surface area contributed by atoms with Crippen molar-refractivity contribution in [1.82, 2.24) is 4.90 Å². The smallest absolute Gasteiger partial charge is 0.290 e. The number of nitriles is 1. The van der Waals surface area contributed by atoms with Crippen LogP contribution in [0.2, 0.25) is 0 Å². The molecule has 0 aliphatic heterocycles. The molecule has 1 unspecified atom stereocenters. The van der Waals surface area contributed by atoms with E-state index in [1.807, 2.05) is 17.5 Å². The van der Waals surface area contributed by atoms with E-state index in [1.165, 1.54) is 22.5 Å². The second-order valence-electron chi connectivity index (χ2n) is 3.44. The molecule has 2 aromatic heterocycles. The minimum absolute atomic E-state index is 0.240. The van der Waals surface area contributed by atoms with Gasteiger partial charge in [0.25, 0.3) is 5.91 Å². The SMILES string of the molecule is CN(C(=O)c1ccco1)C(C#N)c1cccs1. The van der Waals surface area contributed by atoms with Crippen LogP contribution in [0.4, 0.5) is 0 Å². The summed E-state index contributed by atoms with van der Waals surface area (Å²) in [7, 11) is 1.60. The van der Waals surface area contributed by atoms with Gasteiger partial charge >= 0.3 is 0 Å². The Morgan fingerprint density at radius 3 is 2.88 bits per heavy atom. The van der Waals surface area contributed by atoms with Crippen LogP contribution in [0.1, 0.15) is 21.5 Å². The summed E-state index contributed by atoms with van der Waals surface area (Å²) in [5.41, 5.74) is 0. The van der Waals surface area contributed by atoms with E-state index >= 15 is 0 Å². The predicted molar refractivity (Wildman–Crippen MR) is 63.5 cm³/mol. The van der Waals surface area contributed by atoms with Gasteiger partial charge in [0.2, 0.25) is 0 Å². The van der Waals surface area contributed by atoms with Crippen molar-refractivity contribution in [3.8, 4) is 6.07 Å². The van der Waals surface area contributed by atoms with Crippen molar-refractivity contribution >= 4 is 17.2 Å². The van der Waals surface area contributed by atoms with Crippen LogP contribution >= 0.6 is 11.3 Å². The molecule has 86 valence electrons. The topological polar surface area (TPSA) is 57.2 Å². The van der Waals surface area contributed by atoms with Crippen molar-refractivity contribution in [2.75, 3.05) is 7.05 Å². The second kappa shape index (κ2) is 4.85. The fourth-order valence-electron chi connectivity index (χ4n) is 1.48. The molecule has 0 aliphatic rings. The van der Waals surface area contributed by atoms with E-state index in [0.717, 1.165) is 4.88 Å². The molecular formula is C12H10N2O2S. The second-order valence-corrected chi connectivity index (χ2v) is 4.42. The predicted octanol–water partition coefficient (Wildman–Crippen LogP) is 2.68. The normalized spacial score (nSPS) is 11.8. The summed E-state index contributed by atoms with van der Waals surface area (Å²) < 4.78 is 5.03. The summed E-state index contributed by atoms with van der Waals surface area (Å²) in [6, 6.07) is 8.47. The Morgan fingerprint density at radius 2 is 2.35 bits per heavy atom. The van der Waals surface area contributed by atoms with Crippen LogP contribution in [0, 0.1) is 11.3 Å². The molecular weight excluding hydrogens is 236 g/mol. The molecule has 17 heavy (non-hydrogen) atoms. The van der Waals surface area contributed by atoms with Gasteiger partial charge in [-0.25, -0.2) is 0 Å². The number of furan rings is 1. The number of hydrogen-bond acceptors (Lipinski definition) is 4. The number of amides is 1. The summed E-state index contributed by atoms with van der Waals surface area (Å²) >= 11 is 1.45. The molecule has 0 aromatic carbocycles. The van der Waals surface area contributed by atoms with Gasteiger partial charge in [-0.1, -0.05) is 6.07 Å². The number of carbonyl (C=O) groups is 1. The molecule has 5 heteroatoms. The molecule has 4 nitrogen and oxygen atoms in total. The van der Waals surface area contributed by atoms with Crippen molar-refractivity contribution in [3.05, 3.63) is 46.5 Å². The fourth-order valence-corrected chi connectivity index (χ4v) is 2.29. The van der Waals surface area contributed by atoms with Gasteiger partial charge in [0.05, 0.1) is 12.3 Å². The van der Waals surface area contributed by atoms with Gasteiger partial charge in [-0.2, -0.15) is 5.26 Å². The Bertz CT molecular complexity index is 525. The zero-order chi connectivity index (χ0) is 12.3. The summed E-state index contributed by atoms with van der Waals surface area (Å²) in [5, 5.41) is 11.0. The average molecular weight is 246 g/mol. The van der Waals surface area contributed by atoms with E-state index in [2.05, 4.69) is 6.07 Å². The number of carbonyl (C=O) groups excluding carboxylic acids is 1. The van der Waals surface area contributed by atoms with Crippen LogP contribution in [0.25, 0.3) is 0 Å². The van der Waals surface area contributed by atoms with E-state index in [0.29, 0.717) is 0 Å². The molecule has 0 fully saturated rings. The van der Waals surface area contributed by atoms with Gasteiger partial charge in [-0.15, -0.1) is 11.3 Å². The minimum atomic E-state index is -0.576. The molecule has 0 saturated heterocycles. The maximum Gasteiger partial charge on any atom is 0.290 e. The Kier molecular flexibility index (Phi) is 3.26. The lowest BCUT2D eigenvalue weighted by atomic mass is 10.2. The lowest BCUT2D eigenvalue weighted by Crippen LogP contribution is -2.29. The van der Waals surface area contributed by atoms with Gasteiger partial charge in [-0.3, -0.25) is 4.79 Å². The zero-order valence-corrected chi connectivity index (χ0v) is 9.98. The van der Waals surface area contributed by atoms with E-state index in [4.69, 9.17) is 9.68 Å². The van der Waals surface area contributed by atoms with Crippen LogP contribution < -0.4 is 0 Å². The van der Waals surface area contributed by atoms with Crippen molar-refractivity contribution in [2.24, 2.45) is 0 Å². The Labute approximate surface area is 103 Å². The summed E-state index contributed by atoms with van der Waals surface area (Å²) in [5.74, 6) is -0.0562. The maximum absolute atomic E-state index is 12.0. The highest BCUT2D eigenvalue weighted by Gasteiger charge is 2.24. The molecule has 0 saturated carbocycles. The molecule has 0 N–H and O–H groups in total. The molecule has 1 amide bonds. The Hall–Kier alpha value is -2.06. The molecule has 2 heterocycles. The van der Waals surface area contributed by atoms with E-state index in [1.54, 1.807) is 19.2 Å². The van der Waals surface area contributed by atoms with E-state index in [9.17, 15) is 4.79 Å². The van der Waals surface area contributed by atoms with Crippen LogP contribution in [-0.2, 0) is 0 Å². The summed E-state index contributed by atoms with van der Waals surface area (Å²) in [4.78, 5) is 14.2.